The smallest absolute Gasteiger partial charge is 0.129 e. The van der Waals surface area contributed by atoms with Crippen molar-refractivity contribution in [1.29, 1.82) is 0 Å². The van der Waals surface area contributed by atoms with Crippen LogP contribution in [-0.4, -0.2) is 37.2 Å². The molecule has 3 aromatic rings. The average Bonchev–Trinajstić information content (AvgIpc) is 3.11. The molecule has 0 aliphatic rings. The van der Waals surface area contributed by atoms with Crippen LogP contribution < -0.4 is 9.47 Å². The van der Waals surface area contributed by atoms with Gasteiger partial charge in [0.15, 0.2) is 0 Å². The fourth-order valence-corrected chi connectivity index (χ4v) is 3.73. The first-order valence-corrected chi connectivity index (χ1v) is 9.97. The highest BCUT2D eigenvalue weighted by molar-refractivity contribution is 9.10. The third-order valence-corrected chi connectivity index (χ3v) is 5.28. The van der Waals surface area contributed by atoms with E-state index in [2.05, 4.69) is 33.3 Å². The number of para-hydroxylation sites is 1. The van der Waals surface area contributed by atoms with Crippen molar-refractivity contribution < 1.29 is 9.47 Å². The van der Waals surface area contributed by atoms with E-state index in [1.165, 1.54) is 0 Å². The molecular formula is C20H21BrN2O2S. The molecule has 0 saturated heterocycles. The summed E-state index contributed by atoms with van der Waals surface area (Å²) in [6.45, 7) is 2.27. The van der Waals surface area contributed by atoms with E-state index < -0.39 is 0 Å². The minimum absolute atomic E-state index is 0.650. The minimum atomic E-state index is 0.650. The predicted octanol–water partition coefficient (Wildman–Crippen LogP) is 5.09. The van der Waals surface area contributed by atoms with Crippen LogP contribution in [0.1, 0.15) is 5.69 Å². The van der Waals surface area contributed by atoms with Gasteiger partial charge in [0, 0.05) is 22.9 Å². The molecule has 1 heterocycles. The maximum atomic E-state index is 5.75. The Bertz CT molecular complexity index is 839. The van der Waals surface area contributed by atoms with E-state index in [9.17, 15) is 0 Å². The maximum absolute atomic E-state index is 5.75. The predicted molar refractivity (Wildman–Crippen MR) is 110 cm³/mol. The molecule has 0 N–H and O–H groups in total. The van der Waals surface area contributed by atoms with Crippen LogP contribution in [0.4, 0.5) is 0 Å². The lowest BCUT2D eigenvalue weighted by molar-refractivity contribution is 0.231. The van der Waals surface area contributed by atoms with Crippen LogP contribution in [0, 0.1) is 0 Å². The topological polar surface area (TPSA) is 34.6 Å². The van der Waals surface area contributed by atoms with E-state index in [4.69, 9.17) is 14.5 Å². The SMILES string of the molecule is COc1ccc(Br)cc1-c1nc(CN(C)CCOc2ccccc2)cs1. The Morgan fingerprint density at radius 2 is 1.96 bits per heavy atom. The quantitative estimate of drug-likeness (QED) is 0.496. The standard InChI is InChI=1S/C20H21BrN2O2S/c1-23(10-11-25-17-6-4-3-5-7-17)13-16-14-26-20(22-16)18-12-15(21)8-9-19(18)24-2/h3-9,12,14H,10-11,13H2,1-2H3. The van der Waals surface area contributed by atoms with E-state index in [0.717, 1.165) is 45.3 Å². The van der Waals surface area contributed by atoms with Crippen molar-refractivity contribution in [3.8, 4) is 22.1 Å². The largest absolute Gasteiger partial charge is 0.496 e. The van der Waals surface area contributed by atoms with Gasteiger partial charge in [-0.2, -0.15) is 0 Å². The molecule has 4 nitrogen and oxygen atoms in total. The number of rotatable bonds is 8. The summed E-state index contributed by atoms with van der Waals surface area (Å²) >= 11 is 5.15. The van der Waals surface area contributed by atoms with Gasteiger partial charge in [-0.05, 0) is 37.4 Å². The van der Waals surface area contributed by atoms with Crippen molar-refractivity contribution in [2.45, 2.75) is 6.54 Å². The zero-order valence-corrected chi connectivity index (χ0v) is 17.2. The molecule has 2 aromatic carbocycles. The van der Waals surface area contributed by atoms with Gasteiger partial charge >= 0.3 is 0 Å². The summed E-state index contributed by atoms with van der Waals surface area (Å²) in [6, 6.07) is 15.8. The monoisotopic (exact) mass is 432 g/mol. The summed E-state index contributed by atoms with van der Waals surface area (Å²) in [7, 11) is 3.76. The highest BCUT2D eigenvalue weighted by atomic mass is 79.9. The Labute approximate surface area is 166 Å². The molecule has 0 fully saturated rings. The van der Waals surface area contributed by atoms with E-state index in [0.29, 0.717) is 6.61 Å². The van der Waals surface area contributed by atoms with Gasteiger partial charge in [0.1, 0.15) is 23.1 Å². The van der Waals surface area contributed by atoms with Crippen molar-refractivity contribution in [2.75, 3.05) is 27.3 Å². The molecule has 0 aliphatic carbocycles. The van der Waals surface area contributed by atoms with Gasteiger partial charge in [0.05, 0.1) is 18.4 Å². The van der Waals surface area contributed by atoms with Gasteiger partial charge in [-0.25, -0.2) is 4.98 Å². The fraction of sp³-hybridized carbons (Fsp3) is 0.250. The molecule has 0 spiro atoms. The van der Waals surface area contributed by atoms with Crippen molar-refractivity contribution in [2.24, 2.45) is 0 Å². The van der Waals surface area contributed by atoms with Gasteiger partial charge in [0.25, 0.3) is 0 Å². The second kappa shape index (κ2) is 9.16. The number of thiazole rings is 1. The van der Waals surface area contributed by atoms with E-state index in [-0.39, 0.29) is 0 Å². The van der Waals surface area contributed by atoms with Crippen molar-refractivity contribution in [3.05, 3.63) is 64.1 Å². The molecule has 0 aliphatic heterocycles. The summed E-state index contributed by atoms with van der Waals surface area (Å²) in [5, 5.41) is 3.07. The second-order valence-electron chi connectivity index (χ2n) is 5.89. The Morgan fingerprint density at radius 1 is 1.15 bits per heavy atom. The normalized spacial score (nSPS) is 10.9. The lowest BCUT2D eigenvalue weighted by atomic mass is 10.2. The molecule has 0 unspecified atom stereocenters. The molecular weight excluding hydrogens is 412 g/mol. The Morgan fingerprint density at radius 3 is 2.73 bits per heavy atom. The minimum Gasteiger partial charge on any atom is -0.496 e. The van der Waals surface area contributed by atoms with Gasteiger partial charge < -0.3 is 9.47 Å². The Hall–Kier alpha value is -1.89. The number of halogens is 1. The van der Waals surface area contributed by atoms with Crippen LogP contribution in [0.15, 0.2) is 58.4 Å². The average molecular weight is 433 g/mol. The van der Waals surface area contributed by atoms with Crippen molar-refractivity contribution in [3.63, 3.8) is 0 Å². The van der Waals surface area contributed by atoms with Gasteiger partial charge in [0.2, 0.25) is 0 Å². The molecule has 136 valence electrons. The third kappa shape index (κ3) is 5.06. The van der Waals surface area contributed by atoms with Crippen LogP contribution in [0.2, 0.25) is 0 Å². The molecule has 0 bridgehead atoms. The number of hydrogen-bond acceptors (Lipinski definition) is 5. The van der Waals surface area contributed by atoms with E-state index >= 15 is 0 Å². The molecule has 3 rings (SSSR count). The molecule has 0 atom stereocenters. The first-order valence-electron chi connectivity index (χ1n) is 8.30. The van der Waals surface area contributed by atoms with E-state index in [1.54, 1.807) is 18.4 Å². The lowest BCUT2D eigenvalue weighted by Gasteiger charge is -2.15. The number of methoxy groups -OCH3 is 1. The maximum Gasteiger partial charge on any atom is 0.129 e. The number of ether oxygens (including phenoxy) is 2. The Balaban J connectivity index is 1.57. The van der Waals surface area contributed by atoms with Crippen LogP contribution in [-0.2, 0) is 6.54 Å². The molecule has 26 heavy (non-hydrogen) atoms. The summed E-state index contributed by atoms with van der Waals surface area (Å²) in [5.41, 5.74) is 2.06. The number of hydrogen-bond donors (Lipinski definition) is 0. The summed E-state index contributed by atoms with van der Waals surface area (Å²) in [6.07, 6.45) is 0. The number of benzene rings is 2. The number of aromatic nitrogens is 1. The molecule has 6 heteroatoms. The fourth-order valence-electron chi connectivity index (χ4n) is 2.54. The molecule has 1 aromatic heterocycles. The van der Waals surface area contributed by atoms with Crippen molar-refractivity contribution >= 4 is 27.3 Å². The highest BCUT2D eigenvalue weighted by Crippen LogP contribution is 2.34. The number of likely N-dealkylation sites (N-methyl/N-ethyl adjacent to an activating group) is 1. The summed E-state index contributed by atoms with van der Waals surface area (Å²) in [4.78, 5) is 6.98. The van der Waals surface area contributed by atoms with Crippen LogP contribution in [0.25, 0.3) is 10.6 Å². The molecule has 0 radical (unpaired) electrons. The second-order valence-corrected chi connectivity index (χ2v) is 7.66. The van der Waals surface area contributed by atoms with Crippen LogP contribution in [0.3, 0.4) is 0 Å². The number of nitrogens with zero attached hydrogens (tertiary/aromatic N) is 2. The Kier molecular flexibility index (Phi) is 6.66. The van der Waals surface area contributed by atoms with E-state index in [1.807, 2.05) is 48.5 Å². The van der Waals surface area contributed by atoms with Crippen molar-refractivity contribution in [1.82, 2.24) is 9.88 Å². The third-order valence-electron chi connectivity index (χ3n) is 3.86. The van der Waals surface area contributed by atoms with Crippen LogP contribution in [0.5, 0.6) is 11.5 Å². The van der Waals surface area contributed by atoms with Gasteiger partial charge in [-0.3, -0.25) is 4.90 Å². The first kappa shape index (κ1) is 18.9. The molecule has 0 amide bonds. The summed E-state index contributed by atoms with van der Waals surface area (Å²) < 4.78 is 12.2. The van der Waals surface area contributed by atoms with Gasteiger partial charge in [-0.1, -0.05) is 34.1 Å². The van der Waals surface area contributed by atoms with Crippen LogP contribution >= 0.6 is 27.3 Å². The molecule has 0 saturated carbocycles. The lowest BCUT2D eigenvalue weighted by Crippen LogP contribution is -2.24. The summed E-state index contributed by atoms with van der Waals surface area (Å²) in [5.74, 6) is 1.73. The van der Waals surface area contributed by atoms with Gasteiger partial charge in [-0.15, -0.1) is 11.3 Å². The zero-order valence-electron chi connectivity index (χ0n) is 14.8. The highest BCUT2D eigenvalue weighted by Gasteiger charge is 2.12. The zero-order chi connectivity index (χ0) is 18.4. The first-order chi connectivity index (χ1) is 12.7.